The molecule has 0 saturated carbocycles. The zero-order valence-corrected chi connectivity index (χ0v) is 18.6. The van der Waals surface area contributed by atoms with E-state index in [1.807, 2.05) is 30.3 Å². The van der Waals surface area contributed by atoms with Gasteiger partial charge in [0.25, 0.3) is 5.91 Å². The van der Waals surface area contributed by atoms with Gasteiger partial charge in [-0.2, -0.15) is 0 Å². The minimum atomic E-state index is -0.215. The van der Waals surface area contributed by atoms with Crippen molar-refractivity contribution in [2.45, 2.75) is 6.42 Å². The maximum atomic E-state index is 13.2. The van der Waals surface area contributed by atoms with E-state index in [-0.39, 0.29) is 17.7 Å². The van der Waals surface area contributed by atoms with Crippen molar-refractivity contribution in [1.82, 2.24) is 9.80 Å². The molecule has 2 aliphatic rings. The third-order valence-electron chi connectivity index (χ3n) is 6.12. The quantitative estimate of drug-likeness (QED) is 0.462. The van der Waals surface area contributed by atoms with Gasteiger partial charge in [-0.15, -0.1) is 0 Å². The molecule has 1 saturated heterocycles. The lowest BCUT2D eigenvalue weighted by Gasteiger charge is -2.23. The topological polar surface area (TPSA) is 69.7 Å². The second-order valence-electron chi connectivity index (χ2n) is 8.21. The van der Waals surface area contributed by atoms with Crippen LogP contribution in [0.2, 0.25) is 5.02 Å². The van der Waals surface area contributed by atoms with Crippen molar-refractivity contribution < 1.29 is 14.4 Å². The maximum Gasteiger partial charge on any atom is 0.321 e. The van der Waals surface area contributed by atoms with Crippen molar-refractivity contribution in [3.8, 4) is 11.1 Å². The summed E-state index contributed by atoms with van der Waals surface area (Å²) in [5.74, 6) is -0.173. The summed E-state index contributed by atoms with van der Waals surface area (Å²) >= 11 is 5.99. The number of nitrogens with one attached hydrogen (secondary N) is 1. The van der Waals surface area contributed by atoms with Gasteiger partial charge in [0.15, 0.2) is 5.78 Å². The number of ketones is 1. The summed E-state index contributed by atoms with van der Waals surface area (Å²) in [5, 5.41) is 3.41. The van der Waals surface area contributed by atoms with Crippen molar-refractivity contribution in [3.63, 3.8) is 0 Å². The van der Waals surface area contributed by atoms with Crippen LogP contribution in [-0.2, 0) is 0 Å². The molecular weight excluding hydrogens is 438 g/mol. The van der Waals surface area contributed by atoms with Crippen LogP contribution in [0.4, 0.5) is 10.5 Å². The summed E-state index contributed by atoms with van der Waals surface area (Å²) in [6.45, 7) is 1.94. The SMILES string of the molecule is O=C1c2ccccc2-c2ccc(C(=O)N3CCCN(C(=O)Nc4cccc(Cl)c4)CC3)cc21. The Balaban J connectivity index is 1.27. The van der Waals surface area contributed by atoms with Crippen LogP contribution >= 0.6 is 11.6 Å². The average molecular weight is 460 g/mol. The summed E-state index contributed by atoms with van der Waals surface area (Å²) in [6.07, 6.45) is 0.671. The first-order valence-electron chi connectivity index (χ1n) is 10.9. The minimum Gasteiger partial charge on any atom is -0.337 e. The number of hydrogen-bond donors (Lipinski definition) is 1. The molecule has 1 fully saturated rings. The number of halogens is 1. The lowest BCUT2D eigenvalue weighted by Crippen LogP contribution is -2.39. The first-order chi connectivity index (χ1) is 16.0. The standard InChI is InChI=1S/C26H22ClN3O3/c27-18-5-3-6-19(16-18)28-26(33)30-12-4-11-29(13-14-30)25(32)17-9-10-21-20-7-1-2-8-22(20)24(31)23(21)15-17/h1-3,5-10,15-16H,4,11-14H2,(H,28,33). The number of rotatable bonds is 2. The lowest BCUT2D eigenvalue weighted by atomic mass is 10.0. The first-order valence-corrected chi connectivity index (χ1v) is 11.3. The molecule has 166 valence electrons. The Bertz CT molecular complexity index is 1270. The van der Waals surface area contributed by atoms with Gasteiger partial charge in [-0.1, -0.05) is 48.0 Å². The fourth-order valence-corrected chi connectivity index (χ4v) is 4.63. The van der Waals surface area contributed by atoms with Gasteiger partial charge in [-0.3, -0.25) is 9.59 Å². The summed E-state index contributed by atoms with van der Waals surface area (Å²) in [6, 6.07) is 19.6. The summed E-state index contributed by atoms with van der Waals surface area (Å²) in [7, 11) is 0. The Morgan fingerprint density at radius 1 is 0.758 bits per heavy atom. The Labute approximate surface area is 196 Å². The molecule has 1 N–H and O–H groups in total. The fourth-order valence-electron chi connectivity index (χ4n) is 4.44. The van der Waals surface area contributed by atoms with Crippen LogP contribution in [-0.4, -0.2) is 53.7 Å². The molecule has 0 unspecified atom stereocenters. The number of amides is 3. The largest absolute Gasteiger partial charge is 0.337 e. The maximum absolute atomic E-state index is 13.2. The normalized spacial score (nSPS) is 15.0. The monoisotopic (exact) mass is 459 g/mol. The van der Waals surface area contributed by atoms with Crippen LogP contribution in [0.15, 0.2) is 66.7 Å². The van der Waals surface area contributed by atoms with Gasteiger partial charge in [-0.05, 0) is 47.9 Å². The first kappa shape index (κ1) is 21.2. The second kappa shape index (κ2) is 8.71. The molecule has 1 heterocycles. The van der Waals surface area contributed by atoms with E-state index >= 15 is 0 Å². The van der Waals surface area contributed by atoms with E-state index in [0.717, 1.165) is 11.1 Å². The summed E-state index contributed by atoms with van der Waals surface area (Å²) in [4.78, 5) is 42.2. The van der Waals surface area contributed by atoms with Crippen LogP contribution < -0.4 is 5.32 Å². The molecule has 33 heavy (non-hydrogen) atoms. The molecule has 3 aromatic rings. The van der Waals surface area contributed by atoms with Crippen molar-refractivity contribution in [3.05, 3.63) is 88.4 Å². The van der Waals surface area contributed by atoms with Crippen molar-refractivity contribution in [1.29, 1.82) is 0 Å². The third-order valence-corrected chi connectivity index (χ3v) is 6.35. The Hall–Kier alpha value is -3.64. The van der Waals surface area contributed by atoms with Crippen molar-refractivity contribution >= 4 is 35.0 Å². The number of anilines is 1. The molecule has 0 bridgehead atoms. The van der Waals surface area contributed by atoms with Crippen LogP contribution in [0.5, 0.6) is 0 Å². The van der Waals surface area contributed by atoms with Crippen LogP contribution in [0.1, 0.15) is 32.7 Å². The van der Waals surface area contributed by atoms with Gasteiger partial charge in [0, 0.05) is 53.6 Å². The van der Waals surface area contributed by atoms with Gasteiger partial charge in [-0.25, -0.2) is 4.79 Å². The predicted octanol–water partition coefficient (Wildman–Crippen LogP) is 4.93. The molecule has 0 spiro atoms. The van der Waals surface area contributed by atoms with Gasteiger partial charge < -0.3 is 15.1 Å². The van der Waals surface area contributed by atoms with E-state index in [9.17, 15) is 14.4 Å². The number of benzene rings is 3. The molecule has 5 rings (SSSR count). The van der Waals surface area contributed by atoms with E-state index in [1.165, 1.54) is 0 Å². The van der Waals surface area contributed by atoms with Gasteiger partial charge in [0.05, 0.1) is 0 Å². The molecule has 3 amide bonds. The van der Waals surface area contributed by atoms with Crippen molar-refractivity contribution in [2.24, 2.45) is 0 Å². The zero-order valence-electron chi connectivity index (χ0n) is 17.9. The van der Waals surface area contributed by atoms with Crippen LogP contribution in [0.3, 0.4) is 0 Å². The Morgan fingerprint density at radius 3 is 2.30 bits per heavy atom. The predicted molar refractivity (Wildman–Crippen MR) is 128 cm³/mol. The molecule has 0 radical (unpaired) electrons. The van der Waals surface area contributed by atoms with Crippen LogP contribution in [0.25, 0.3) is 11.1 Å². The molecular formula is C26H22ClN3O3. The summed E-state index contributed by atoms with van der Waals surface area (Å²) in [5.41, 5.74) is 4.15. The highest BCUT2D eigenvalue weighted by Gasteiger charge is 2.29. The van der Waals surface area contributed by atoms with E-state index in [1.54, 1.807) is 46.2 Å². The summed E-state index contributed by atoms with van der Waals surface area (Å²) < 4.78 is 0. The average Bonchev–Trinajstić information content (AvgIpc) is 2.96. The Morgan fingerprint density at radius 2 is 1.48 bits per heavy atom. The highest BCUT2D eigenvalue weighted by molar-refractivity contribution is 6.30. The van der Waals surface area contributed by atoms with E-state index in [0.29, 0.717) is 60.0 Å². The zero-order chi connectivity index (χ0) is 22.9. The van der Waals surface area contributed by atoms with Crippen LogP contribution in [0, 0.1) is 0 Å². The number of hydrogen-bond acceptors (Lipinski definition) is 3. The molecule has 1 aliphatic carbocycles. The third kappa shape index (κ3) is 4.10. The molecule has 1 aliphatic heterocycles. The van der Waals surface area contributed by atoms with Gasteiger partial charge in [0.2, 0.25) is 0 Å². The van der Waals surface area contributed by atoms with E-state index in [2.05, 4.69) is 5.32 Å². The molecule has 3 aromatic carbocycles. The minimum absolute atomic E-state index is 0.0463. The number of nitrogens with zero attached hydrogens (tertiary/aromatic N) is 2. The number of carbonyl (C=O) groups excluding carboxylic acids is 3. The molecule has 7 heteroatoms. The highest BCUT2D eigenvalue weighted by atomic mass is 35.5. The fraction of sp³-hybridized carbons (Fsp3) is 0.192. The van der Waals surface area contributed by atoms with Gasteiger partial charge >= 0.3 is 6.03 Å². The Kier molecular flexibility index (Phi) is 5.60. The second-order valence-corrected chi connectivity index (χ2v) is 8.64. The smallest absolute Gasteiger partial charge is 0.321 e. The number of urea groups is 1. The number of carbonyl (C=O) groups is 3. The van der Waals surface area contributed by atoms with E-state index < -0.39 is 0 Å². The highest BCUT2D eigenvalue weighted by Crippen LogP contribution is 2.36. The molecule has 0 aromatic heterocycles. The molecule has 0 atom stereocenters. The van der Waals surface area contributed by atoms with E-state index in [4.69, 9.17) is 11.6 Å². The van der Waals surface area contributed by atoms with Gasteiger partial charge in [0.1, 0.15) is 0 Å². The molecule has 6 nitrogen and oxygen atoms in total. The number of fused-ring (bicyclic) bond motifs is 3. The van der Waals surface area contributed by atoms with Crippen molar-refractivity contribution in [2.75, 3.05) is 31.5 Å². The lowest BCUT2D eigenvalue weighted by molar-refractivity contribution is 0.0762.